The van der Waals surface area contributed by atoms with E-state index in [1.54, 1.807) is 0 Å². The number of aryl methyl sites for hydroxylation is 1. The first-order chi connectivity index (χ1) is 3.80. The van der Waals surface area contributed by atoms with Crippen LogP contribution in [0.25, 0.3) is 0 Å². The fourth-order valence-electron chi connectivity index (χ4n) is 0.587. The molecule has 0 amide bonds. The molecule has 0 atom stereocenters. The third-order valence-corrected chi connectivity index (χ3v) is 1.19. The van der Waals surface area contributed by atoms with Crippen LogP contribution in [0, 0.1) is 6.92 Å². The Balaban J connectivity index is 0.000000640. The lowest BCUT2D eigenvalue weighted by Gasteiger charge is -1.93. The highest BCUT2D eigenvalue weighted by molar-refractivity contribution is 5.44. The predicted molar refractivity (Wildman–Crippen MR) is 37.7 cm³/mol. The lowest BCUT2D eigenvalue weighted by Crippen LogP contribution is -1.85. The Hall–Kier alpha value is -0.980. The summed E-state index contributed by atoms with van der Waals surface area (Å²) in [7, 11) is 0. The quantitative estimate of drug-likeness (QED) is 0.505. The van der Waals surface area contributed by atoms with Gasteiger partial charge in [-0.25, -0.2) is 0 Å². The van der Waals surface area contributed by atoms with Crippen molar-refractivity contribution < 1.29 is 1.43 Å². The molecule has 0 aliphatic carbocycles. The summed E-state index contributed by atoms with van der Waals surface area (Å²) >= 11 is 0. The molecule has 0 aliphatic rings. The fraction of sp³-hybridized carbons (Fsp3) is 0.143. The van der Waals surface area contributed by atoms with Crippen LogP contribution in [0.4, 0.5) is 5.69 Å². The molecule has 1 nitrogen and oxygen atoms in total. The smallest absolute Gasteiger partial charge is 0.0343 e. The molecule has 44 valence electrons. The second-order valence-corrected chi connectivity index (χ2v) is 1.86. The fourth-order valence-corrected chi connectivity index (χ4v) is 0.587. The van der Waals surface area contributed by atoms with Crippen molar-refractivity contribution in [2.75, 3.05) is 5.73 Å². The molecule has 0 saturated heterocycles. The highest BCUT2D eigenvalue weighted by atomic mass is 14.5. The van der Waals surface area contributed by atoms with Crippen LogP contribution in [0.15, 0.2) is 24.3 Å². The summed E-state index contributed by atoms with van der Waals surface area (Å²) in [5.41, 5.74) is 7.53. The third kappa shape index (κ3) is 0.808. The van der Waals surface area contributed by atoms with Crippen molar-refractivity contribution in [1.29, 1.82) is 0 Å². The Bertz CT molecular complexity index is 165. The van der Waals surface area contributed by atoms with Crippen LogP contribution in [0.3, 0.4) is 0 Å². The molecule has 0 fully saturated rings. The Morgan fingerprint density at radius 1 is 1.38 bits per heavy atom. The van der Waals surface area contributed by atoms with Crippen LogP contribution in [-0.2, 0) is 0 Å². The second kappa shape index (κ2) is 1.86. The van der Waals surface area contributed by atoms with E-state index in [-0.39, 0.29) is 1.43 Å². The number of anilines is 1. The van der Waals surface area contributed by atoms with Crippen LogP contribution >= 0.6 is 0 Å². The van der Waals surface area contributed by atoms with Crippen LogP contribution < -0.4 is 5.73 Å². The Kier molecular flexibility index (Phi) is 1.20. The molecule has 0 spiro atoms. The molecule has 0 heterocycles. The summed E-state index contributed by atoms with van der Waals surface area (Å²) < 4.78 is 0. The van der Waals surface area contributed by atoms with Crippen molar-refractivity contribution in [2.45, 2.75) is 6.92 Å². The standard InChI is InChI=1S/C7H9N.H2/c1-6-4-2-3-5-7(6)8;/h2-5H,8H2,1H3;1H. The number of nitrogen functional groups attached to an aromatic ring is 1. The highest BCUT2D eigenvalue weighted by Crippen LogP contribution is 2.06. The summed E-state index contributed by atoms with van der Waals surface area (Å²) in [5.74, 6) is 0. The first-order valence-electron chi connectivity index (χ1n) is 2.62. The van der Waals surface area contributed by atoms with Crippen molar-refractivity contribution in [3.63, 3.8) is 0 Å². The van der Waals surface area contributed by atoms with E-state index in [1.807, 2.05) is 31.2 Å². The largest absolute Gasteiger partial charge is 0.399 e. The average molecular weight is 109 g/mol. The zero-order valence-electron chi connectivity index (χ0n) is 4.89. The van der Waals surface area contributed by atoms with Crippen LogP contribution in [0.2, 0.25) is 0 Å². The Labute approximate surface area is 50.6 Å². The molecule has 0 aliphatic heterocycles. The predicted octanol–water partition coefficient (Wildman–Crippen LogP) is 1.82. The van der Waals surface area contributed by atoms with Crippen molar-refractivity contribution in [2.24, 2.45) is 0 Å². The zero-order valence-corrected chi connectivity index (χ0v) is 4.89. The molecule has 1 aromatic carbocycles. The van der Waals surface area contributed by atoms with Gasteiger partial charge >= 0.3 is 0 Å². The molecule has 1 heteroatoms. The van der Waals surface area contributed by atoms with Crippen molar-refractivity contribution in [1.82, 2.24) is 0 Å². The van der Waals surface area contributed by atoms with Crippen molar-refractivity contribution >= 4 is 5.69 Å². The van der Waals surface area contributed by atoms with E-state index in [0.29, 0.717) is 0 Å². The summed E-state index contributed by atoms with van der Waals surface area (Å²) in [6.07, 6.45) is 0. The maximum absolute atomic E-state index is 5.52. The van der Waals surface area contributed by atoms with E-state index in [9.17, 15) is 0 Å². The first-order valence-corrected chi connectivity index (χ1v) is 2.62. The molecule has 0 unspecified atom stereocenters. The molecule has 1 rings (SSSR count). The minimum Gasteiger partial charge on any atom is -0.399 e. The molecule has 2 N–H and O–H groups in total. The number of para-hydroxylation sites is 1. The number of rotatable bonds is 0. The molecule has 8 heavy (non-hydrogen) atoms. The molecule has 0 radical (unpaired) electrons. The van der Waals surface area contributed by atoms with Crippen LogP contribution in [0.5, 0.6) is 0 Å². The van der Waals surface area contributed by atoms with E-state index < -0.39 is 0 Å². The third-order valence-electron chi connectivity index (χ3n) is 1.19. The minimum absolute atomic E-state index is 0. The lowest BCUT2D eigenvalue weighted by molar-refractivity contribution is 1.47. The maximum atomic E-state index is 5.52. The monoisotopic (exact) mass is 109 g/mol. The summed E-state index contributed by atoms with van der Waals surface area (Å²) in [6, 6.07) is 7.80. The summed E-state index contributed by atoms with van der Waals surface area (Å²) in [5, 5.41) is 0. The Morgan fingerprint density at radius 2 is 2.00 bits per heavy atom. The van der Waals surface area contributed by atoms with Gasteiger partial charge in [-0.05, 0) is 18.6 Å². The maximum Gasteiger partial charge on any atom is 0.0343 e. The molecule has 0 bridgehead atoms. The van der Waals surface area contributed by atoms with E-state index in [1.165, 1.54) is 0 Å². The summed E-state index contributed by atoms with van der Waals surface area (Å²) in [4.78, 5) is 0. The SMILES string of the molecule is Cc1ccccc1N.[HH]. The van der Waals surface area contributed by atoms with Gasteiger partial charge in [-0.2, -0.15) is 0 Å². The van der Waals surface area contributed by atoms with Gasteiger partial charge in [0, 0.05) is 7.11 Å². The molecule has 0 aromatic heterocycles. The van der Waals surface area contributed by atoms with Gasteiger partial charge in [-0.1, -0.05) is 18.2 Å². The van der Waals surface area contributed by atoms with Gasteiger partial charge in [0.15, 0.2) is 0 Å². The molecule has 1 aromatic rings. The number of benzene rings is 1. The first kappa shape index (κ1) is 5.16. The number of hydrogen-bond donors (Lipinski definition) is 1. The van der Waals surface area contributed by atoms with Gasteiger partial charge in [-0.15, -0.1) is 0 Å². The lowest BCUT2D eigenvalue weighted by atomic mass is 10.2. The minimum atomic E-state index is 0. The number of nitrogens with two attached hydrogens (primary N) is 1. The van der Waals surface area contributed by atoms with E-state index >= 15 is 0 Å². The molecule has 0 saturated carbocycles. The number of hydrogen-bond acceptors (Lipinski definition) is 1. The van der Waals surface area contributed by atoms with E-state index in [2.05, 4.69) is 0 Å². The molecular weight excluding hydrogens is 98.1 g/mol. The molecular formula is C7H11N. The highest BCUT2D eigenvalue weighted by Gasteiger charge is 1.84. The van der Waals surface area contributed by atoms with E-state index in [0.717, 1.165) is 11.3 Å². The average Bonchev–Trinajstić information content (AvgIpc) is 1.77. The summed E-state index contributed by atoms with van der Waals surface area (Å²) in [6.45, 7) is 2.00. The van der Waals surface area contributed by atoms with Gasteiger partial charge in [0.1, 0.15) is 0 Å². The van der Waals surface area contributed by atoms with Crippen molar-refractivity contribution in [3.05, 3.63) is 29.8 Å². The Morgan fingerprint density at radius 3 is 2.38 bits per heavy atom. The van der Waals surface area contributed by atoms with Crippen LogP contribution in [-0.4, -0.2) is 0 Å². The van der Waals surface area contributed by atoms with Crippen LogP contribution in [0.1, 0.15) is 6.99 Å². The van der Waals surface area contributed by atoms with Gasteiger partial charge in [0.25, 0.3) is 0 Å². The van der Waals surface area contributed by atoms with Crippen molar-refractivity contribution in [3.8, 4) is 0 Å². The second-order valence-electron chi connectivity index (χ2n) is 1.86. The topological polar surface area (TPSA) is 26.0 Å². The normalized spacial score (nSPS) is 9.12. The van der Waals surface area contributed by atoms with Gasteiger partial charge in [0.05, 0.1) is 0 Å². The zero-order chi connectivity index (χ0) is 5.98. The van der Waals surface area contributed by atoms with Gasteiger partial charge in [-0.3, -0.25) is 0 Å². The van der Waals surface area contributed by atoms with Gasteiger partial charge in [0.2, 0.25) is 0 Å². The van der Waals surface area contributed by atoms with Gasteiger partial charge < -0.3 is 5.73 Å². The van der Waals surface area contributed by atoms with E-state index in [4.69, 9.17) is 5.73 Å².